The van der Waals surface area contributed by atoms with E-state index in [1.165, 1.54) is 0 Å². The number of hydrogen-bond acceptors (Lipinski definition) is 2. The zero-order chi connectivity index (χ0) is 8.27. The minimum atomic E-state index is -0.643. The molecule has 4 heteroatoms. The highest BCUT2D eigenvalue weighted by atomic mass is 16.1. The minimum absolute atomic E-state index is 0.548. The van der Waals surface area contributed by atoms with Crippen molar-refractivity contribution in [3.63, 3.8) is 0 Å². The lowest BCUT2D eigenvalue weighted by atomic mass is 10.4. The molecule has 1 aromatic rings. The van der Waals surface area contributed by atoms with Crippen LogP contribution in [-0.4, -0.2) is 15.5 Å². The molecular weight excluding hydrogens is 142 g/mol. The predicted octanol–water partition coefficient (Wildman–Crippen LogP) is -0.743. The molecule has 0 saturated heterocycles. The van der Waals surface area contributed by atoms with Gasteiger partial charge in [-0.25, -0.2) is 4.98 Å². The molecule has 0 fully saturated rings. The van der Waals surface area contributed by atoms with Crippen molar-refractivity contribution in [2.75, 3.05) is 0 Å². The average Bonchev–Trinajstić information content (AvgIpc) is 2.31. The number of primary amides is 1. The van der Waals surface area contributed by atoms with Crippen molar-refractivity contribution in [1.29, 1.82) is 0 Å². The standard InChI is InChI=1S/C7H7N3O/c1-10-4-6(9-5-10)2-3-7(8)11/h4-5H,1H3,(H2,8,11). The molecule has 0 spiro atoms. The third-order valence-corrected chi connectivity index (χ3v) is 1.02. The van der Waals surface area contributed by atoms with Gasteiger partial charge in [0.25, 0.3) is 5.91 Å². The summed E-state index contributed by atoms with van der Waals surface area (Å²) in [6, 6.07) is 0. The quantitative estimate of drug-likeness (QED) is 0.494. The smallest absolute Gasteiger partial charge is 0.293 e. The first kappa shape index (κ1) is 7.35. The first-order chi connectivity index (χ1) is 5.18. The number of carbonyl (C=O) groups excluding carboxylic acids is 1. The minimum Gasteiger partial charge on any atom is -0.359 e. The third kappa shape index (κ3) is 2.14. The maximum atomic E-state index is 10.2. The molecule has 0 aliphatic rings. The number of nitrogens with zero attached hydrogens (tertiary/aromatic N) is 2. The third-order valence-electron chi connectivity index (χ3n) is 1.02. The number of carbonyl (C=O) groups is 1. The molecule has 0 aliphatic heterocycles. The maximum absolute atomic E-state index is 10.2. The summed E-state index contributed by atoms with van der Waals surface area (Å²) in [5, 5.41) is 0. The van der Waals surface area contributed by atoms with Gasteiger partial charge in [0.2, 0.25) is 0 Å². The molecule has 0 radical (unpaired) electrons. The summed E-state index contributed by atoms with van der Waals surface area (Å²) >= 11 is 0. The lowest BCUT2D eigenvalue weighted by Crippen LogP contribution is -2.06. The topological polar surface area (TPSA) is 60.9 Å². The largest absolute Gasteiger partial charge is 0.359 e. The number of amides is 1. The summed E-state index contributed by atoms with van der Waals surface area (Å²) < 4.78 is 1.74. The fourth-order valence-electron chi connectivity index (χ4n) is 0.603. The maximum Gasteiger partial charge on any atom is 0.293 e. The molecule has 0 bridgehead atoms. The number of aromatic nitrogens is 2. The Morgan fingerprint density at radius 1 is 1.82 bits per heavy atom. The summed E-state index contributed by atoms with van der Waals surface area (Å²) in [4.78, 5) is 14.1. The van der Waals surface area contributed by atoms with Crippen LogP contribution in [0.15, 0.2) is 12.5 Å². The Balaban J connectivity index is 2.82. The van der Waals surface area contributed by atoms with E-state index in [9.17, 15) is 4.79 Å². The normalized spacial score (nSPS) is 8.45. The summed E-state index contributed by atoms with van der Waals surface area (Å²) in [7, 11) is 1.82. The summed E-state index contributed by atoms with van der Waals surface area (Å²) in [5.41, 5.74) is 5.35. The van der Waals surface area contributed by atoms with Gasteiger partial charge in [-0.15, -0.1) is 0 Å². The van der Waals surface area contributed by atoms with E-state index in [1.807, 2.05) is 7.05 Å². The second-order valence-electron chi connectivity index (χ2n) is 2.04. The molecule has 1 heterocycles. The van der Waals surface area contributed by atoms with Crippen molar-refractivity contribution in [2.45, 2.75) is 0 Å². The van der Waals surface area contributed by atoms with Crippen LogP contribution in [0.25, 0.3) is 0 Å². The second kappa shape index (κ2) is 2.88. The van der Waals surface area contributed by atoms with Gasteiger partial charge in [0, 0.05) is 19.2 Å². The molecule has 11 heavy (non-hydrogen) atoms. The van der Waals surface area contributed by atoms with Gasteiger partial charge in [-0.05, 0) is 5.92 Å². The van der Waals surface area contributed by atoms with Gasteiger partial charge in [0.05, 0.1) is 6.33 Å². The van der Waals surface area contributed by atoms with Crippen molar-refractivity contribution in [2.24, 2.45) is 12.8 Å². The van der Waals surface area contributed by atoms with Crippen LogP contribution in [0.5, 0.6) is 0 Å². The van der Waals surface area contributed by atoms with Gasteiger partial charge in [-0.2, -0.15) is 0 Å². The van der Waals surface area contributed by atoms with Crippen LogP contribution >= 0.6 is 0 Å². The monoisotopic (exact) mass is 149 g/mol. The molecule has 56 valence electrons. The van der Waals surface area contributed by atoms with Crippen LogP contribution in [0.3, 0.4) is 0 Å². The van der Waals surface area contributed by atoms with E-state index in [-0.39, 0.29) is 0 Å². The van der Waals surface area contributed by atoms with Gasteiger partial charge >= 0.3 is 0 Å². The van der Waals surface area contributed by atoms with Crippen LogP contribution in [0.2, 0.25) is 0 Å². The molecule has 4 nitrogen and oxygen atoms in total. The van der Waals surface area contributed by atoms with Gasteiger partial charge in [-0.3, -0.25) is 4.79 Å². The fourth-order valence-corrected chi connectivity index (χ4v) is 0.603. The molecule has 1 amide bonds. The van der Waals surface area contributed by atoms with E-state index in [0.29, 0.717) is 5.69 Å². The van der Waals surface area contributed by atoms with Crippen LogP contribution in [0.4, 0.5) is 0 Å². The first-order valence-electron chi connectivity index (χ1n) is 2.98. The van der Waals surface area contributed by atoms with Crippen LogP contribution in [0, 0.1) is 11.8 Å². The fraction of sp³-hybridized carbons (Fsp3) is 0.143. The predicted molar refractivity (Wildman–Crippen MR) is 39.3 cm³/mol. The number of imidazole rings is 1. The molecule has 0 aliphatic carbocycles. The Kier molecular flexibility index (Phi) is 1.93. The Bertz CT molecular complexity index is 329. The molecule has 0 atom stereocenters. The molecule has 1 aromatic heterocycles. The Labute approximate surface area is 64.0 Å². The molecule has 0 unspecified atom stereocenters. The van der Waals surface area contributed by atoms with Crippen molar-refractivity contribution >= 4 is 5.91 Å². The van der Waals surface area contributed by atoms with Gasteiger partial charge in [0.15, 0.2) is 0 Å². The van der Waals surface area contributed by atoms with E-state index in [2.05, 4.69) is 16.8 Å². The summed E-state index contributed by atoms with van der Waals surface area (Å²) in [6.07, 6.45) is 3.31. The number of nitrogens with two attached hydrogens (primary N) is 1. The SMILES string of the molecule is Cn1cnc(C#CC(N)=O)c1. The van der Waals surface area contributed by atoms with E-state index in [0.717, 1.165) is 0 Å². The molecule has 0 saturated carbocycles. The Hall–Kier alpha value is -1.76. The highest BCUT2D eigenvalue weighted by molar-refractivity contribution is 5.92. The zero-order valence-electron chi connectivity index (χ0n) is 6.03. The average molecular weight is 149 g/mol. The van der Waals surface area contributed by atoms with Crippen LogP contribution in [0.1, 0.15) is 5.69 Å². The van der Waals surface area contributed by atoms with Gasteiger partial charge < -0.3 is 10.3 Å². The first-order valence-corrected chi connectivity index (χ1v) is 2.98. The van der Waals surface area contributed by atoms with E-state index in [1.54, 1.807) is 17.1 Å². The van der Waals surface area contributed by atoms with Gasteiger partial charge in [-0.1, -0.05) is 0 Å². The molecule has 2 N–H and O–H groups in total. The van der Waals surface area contributed by atoms with Crippen molar-refractivity contribution in [1.82, 2.24) is 9.55 Å². The zero-order valence-corrected chi connectivity index (χ0v) is 6.03. The molecule has 1 rings (SSSR count). The second-order valence-corrected chi connectivity index (χ2v) is 2.04. The van der Waals surface area contributed by atoms with Crippen molar-refractivity contribution in [3.8, 4) is 11.8 Å². The van der Waals surface area contributed by atoms with Crippen molar-refractivity contribution in [3.05, 3.63) is 18.2 Å². The van der Waals surface area contributed by atoms with Crippen LogP contribution in [-0.2, 0) is 11.8 Å². The molecular formula is C7H7N3O. The van der Waals surface area contributed by atoms with E-state index < -0.39 is 5.91 Å². The molecule has 0 aromatic carbocycles. The van der Waals surface area contributed by atoms with E-state index in [4.69, 9.17) is 5.73 Å². The summed E-state index contributed by atoms with van der Waals surface area (Å²) in [5.74, 6) is 4.05. The highest BCUT2D eigenvalue weighted by Gasteiger charge is 1.89. The Morgan fingerprint density at radius 2 is 2.55 bits per heavy atom. The number of hydrogen-bond donors (Lipinski definition) is 1. The lowest BCUT2D eigenvalue weighted by Gasteiger charge is -1.78. The highest BCUT2D eigenvalue weighted by Crippen LogP contribution is 1.88. The van der Waals surface area contributed by atoms with Crippen LogP contribution < -0.4 is 5.73 Å². The lowest BCUT2D eigenvalue weighted by molar-refractivity contribution is -0.112. The number of aryl methyl sites for hydroxylation is 1. The Morgan fingerprint density at radius 3 is 3.00 bits per heavy atom. The van der Waals surface area contributed by atoms with E-state index >= 15 is 0 Å². The number of rotatable bonds is 0. The van der Waals surface area contributed by atoms with Crippen molar-refractivity contribution < 1.29 is 4.79 Å². The van der Waals surface area contributed by atoms with Gasteiger partial charge in [0.1, 0.15) is 5.69 Å². The summed E-state index contributed by atoms with van der Waals surface area (Å²) in [6.45, 7) is 0.